The van der Waals surface area contributed by atoms with Crippen LogP contribution in [0.25, 0.3) is 0 Å². The van der Waals surface area contributed by atoms with E-state index < -0.39 is 17.6 Å². The zero-order valence-electron chi connectivity index (χ0n) is 10.7. The Morgan fingerprint density at radius 1 is 1.00 bits per heavy atom. The molecule has 0 fully saturated rings. The molecule has 4 nitrogen and oxygen atoms in total. The Morgan fingerprint density at radius 2 is 1.70 bits per heavy atom. The number of nitrogens with zero attached hydrogens (tertiary/aromatic N) is 1. The molecular formula is C15H11FN2O2. The van der Waals surface area contributed by atoms with Gasteiger partial charge in [-0.3, -0.25) is 9.59 Å². The first-order valence-electron chi connectivity index (χ1n) is 6.03. The van der Waals surface area contributed by atoms with Crippen LogP contribution in [0.1, 0.15) is 26.3 Å². The van der Waals surface area contributed by atoms with Crippen molar-refractivity contribution in [3.8, 4) is 0 Å². The van der Waals surface area contributed by atoms with Crippen molar-refractivity contribution >= 4 is 23.2 Å². The number of rotatable bonds is 1. The van der Waals surface area contributed by atoms with E-state index in [1.165, 1.54) is 12.1 Å². The molecule has 0 saturated heterocycles. The number of anilines is 2. The van der Waals surface area contributed by atoms with E-state index in [-0.39, 0.29) is 11.1 Å². The van der Waals surface area contributed by atoms with E-state index in [1.807, 2.05) is 0 Å². The molecule has 2 aromatic carbocycles. The predicted molar refractivity (Wildman–Crippen MR) is 73.1 cm³/mol. The molecule has 5 heteroatoms. The molecule has 0 aromatic heterocycles. The Balaban J connectivity index is 2.16. The first kappa shape index (κ1) is 12.3. The van der Waals surface area contributed by atoms with Gasteiger partial charge in [0.2, 0.25) is 0 Å². The Morgan fingerprint density at radius 3 is 2.45 bits per heavy atom. The smallest absolute Gasteiger partial charge is 0.266 e. The van der Waals surface area contributed by atoms with Crippen molar-refractivity contribution in [2.45, 2.75) is 6.92 Å². The van der Waals surface area contributed by atoms with Crippen molar-refractivity contribution in [1.82, 2.24) is 0 Å². The molecule has 0 aliphatic carbocycles. The van der Waals surface area contributed by atoms with Gasteiger partial charge in [-0.15, -0.1) is 0 Å². The van der Waals surface area contributed by atoms with Gasteiger partial charge in [0.05, 0.1) is 16.8 Å². The lowest BCUT2D eigenvalue weighted by molar-refractivity contribution is 0.0926. The Bertz CT molecular complexity index is 756. The molecule has 3 rings (SSSR count). The fourth-order valence-electron chi connectivity index (χ4n) is 2.30. The van der Waals surface area contributed by atoms with Crippen molar-refractivity contribution in [1.29, 1.82) is 0 Å². The number of aryl methyl sites for hydroxylation is 1. The fourth-order valence-corrected chi connectivity index (χ4v) is 2.30. The van der Waals surface area contributed by atoms with Gasteiger partial charge in [0, 0.05) is 5.69 Å². The second-order valence-corrected chi connectivity index (χ2v) is 4.68. The lowest BCUT2D eigenvalue weighted by Crippen LogP contribution is -2.30. The normalized spacial score (nSPS) is 13.8. The summed E-state index contributed by atoms with van der Waals surface area (Å²) in [4.78, 5) is 25.7. The molecule has 0 bridgehead atoms. The first-order chi connectivity index (χ1) is 9.49. The highest BCUT2D eigenvalue weighted by Crippen LogP contribution is 2.32. The summed E-state index contributed by atoms with van der Waals surface area (Å²) in [6.45, 7) is 1.78. The number of hydrogen-bond donors (Lipinski definition) is 1. The van der Waals surface area contributed by atoms with Gasteiger partial charge in [-0.25, -0.2) is 9.29 Å². The molecular weight excluding hydrogens is 259 g/mol. The fraction of sp³-hybridized carbons (Fsp3) is 0.0667. The average molecular weight is 270 g/mol. The SMILES string of the molecule is Cc1ccc(N)cc1N1C(=O)c2ccc(F)cc2C1=O. The van der Waals surface area contributed by atoms with Gasteiger partial charge in [0.25, 0.3) is 11.8 Å². The Kier molecular flexibility index (Phi) is 2.57. The lowest BCUT2D eigenvalue weighted by atomic mass is 10.1. The highest BCUT2D eigenvalue weighted by Gasteiger charge is 2.37. The second-order valence-electron chi connectivity index (χ2n) is 4.68. The van der Waals surface area contributed by atoms with Gasteiger partial charge in [-0.05, 0) is 42.8 Å². The summed E-state index contributed by atoms with van der Waals surface area (Å²) in [5, 5.41) is 0. The molecule has 1 aliphatic heterocycles. The van der Waals surface area contributed by atoms with Gasteiger partial charge < -0.3 is 5.73 Å². The number of benzene rings is 2. The van der Waals surface area contributed by atoms with Crippen LogP contribution in [-0.4, -0.2) is 11.8 Å². The topological polar surface area (TPSA) is 63.4 Å². The van der Waals surface area contributed by atoms with Crippen LogP contribution in [0.3, 0.4) is 0 Å². The largest absolute Gasteiger partial charge is 0.399 e. The highest BCUT2D eigenvalue weighted by molar-refractivity contribution is 6.34. The van der Waals surface area contributed by atoms with E-state index >= 15 is 0 Å². The maximum Gasteiger partial charge on any atom is 0.266 e. The molecule has 20 heavy (non-hydrogen) atoms. The number of amides is 2. The zero-order valence-corrected chi connectivity index (χ0v) is 10.7. The summed E-state index contributed by atoms with van der Waals surface area (Å²) in [5.41, 5.74) is 7.62. The van der Waals surface area contributed by atoms with Gasteiger partial charge in [0.1, 0.15) is 5.82 Å². The molecule has 0 radical (unpaired) electrons. The van der Waals surface area contributed by atoms with Gasteiger partial charge in [0.15, 0.2) is 0 Å². The molecule has 1 heterocycles. The van der Waals surface area contributed by atoms with Gasteiger partial charge in [-0.1, -0.05) is 6.07 Å². The van der Waals surface area contributed by atoms with E-state index in [9.17, 15) is 14.0 Å². The minimum atomic E-state index is -0.545. The zero-order chi connectivity index (χ0) is 14.4. The number of halogens is 1. The molecule has 0 saturated carbocycles. The van der Waals surface area contributed by atoms with Gasteiger partial charge >= 0.3 is 0 Å². The summed E-state index contributed by atoms with van der Waals surface area (Å²) in [5.74, 6) is -1.53. The number of carbonyl (C=O) groups excluding carboxylic acids is 2. The van der Waals surface area contributed by atoms with Crippen LogP contribution in [0.5, 0.6) is 0 Å². The van der Waals surface area contributed by atoms with Gasteiger partial charge in [-0.2, -0.15) is 0 Å². The summed E-state index contributed by atoms with van der Waals surface area (Å²) in [7, 11) is 0. The third-order valence-electron chi connectivity index (χ3n) is 3.32. The summed E-state index contributed by atoms with van der Waals surface area (Å²) in [6.07, 6.45) is 0. The molecule has 2 amide bonds. The van der Waals surface area contributed by atoms with Crippen LogP contribution < -0.4 is 10.6 Å². The van der Waals surface area contributed by atoms with Crippen LogP contribution in [0, 0.1) is 12.7 Å². The molecule has 0 atom stereocenters. The summed E-state index contributed by atoms with van der Waals surface area (Å²) in [6, 6.07) is 8.56. The molecule has 2 N–H and O–H groups in total. The monoisotopic (exact) mass is 270 g/mol. The van der Waals surface area contributed by atoms with E-state index in [0.29, 0.717) is 11.4 Å². The average Bonchev–Trinajstić information content (AvgIpc) is 2.65. The lowest BCUT2D eigenvalue weighted by Gasteiger charge is -2.17. The molecule has 0 spiro atoms. The van der Waals surface area contributed by atoms with E-state index in [2.05, 4.69) is 0 Å². The van der Waals surface area contributed by atoms with Crippen LogP contribution in [0.4, 0.5) is 15.8 Å². The maximum atomic E-state index is 13.2. The highest BCUT2D eigenvalue weighted by atomic mass is 19.1. The second kappa shape index (κ2) is 4.16. The van der Waals surface area contributed by atoms with E-state index in [0.717, 1.165) is 16.5 Å². The molecule has 1 aliphatic rings. The number of hydrogen-bond acceptors (Lipinski definition) is 3. The van der Waals surface area contributed by atoms with Crippen molar-refractivity contribution < 1.29 is 14.0 Å². The van der Waals surface area contributed by atoms with Crippen molar-refractivity contribution in [2.75, 3.05) is 10.6 Å². The minimum absolute atomic E-state index is 0.0804. The number of nitrogen functional groups attached to an aromatic ring is 1. The minimum Gasteiger partial charge on any atom is -0.399 e. The summed E-state index contributed by atoms with van der Waals surface area (Å²) < 4.78 is 13.2. The Labute approximate surface area is 114 Å². The number of nitrogens with two attached hydrogens (primary N) is 1. The van der Waals surface area contributed by atoms with Crippen LogP contribution >= 0.6 is 0 Å². The standard InChI is InChI=1S/C15H11FN2O2/c1-8-2-4-10(17)7-13(8)18-14(19)11-5-3-9(16)6-12(11)15(18)20/h2-7H,17H2,1H3. The van der Waals surface area contributed by atoms with Crippen LogP contribution in [0.2, 0.25) is 0 Å². The quantitative estimate of drug-likeness (QED) is 0.639. The van der Waals surface area contributed by atoms with Crippen molar-refractivity contribution in [3.63, 3.8) is 0 Å². The molecule has 100 valence electrons. The third kappa shape index (κ3) is 1.67. The van der Waals surface area contributed by atoms with E-state index in [4.69, 9.17) is 5.73 Å². The number of fused-ring (bicyclic) bond motifs is 1. The maximum absolute atomic E-state index is 13.2. The first-order valence-corrected chi connectivity index (χ1v) is 6.03. The number of carbonyl (C=O) groups is 2. The Hall–Kier alpha value is -2.69. The van der Waals surface area contributed by atoms with Crippen LogP contribution in [0.15, 0.2) is 36.4 Å². The molecule has 0 unspecified atom stereocenters. The van der Waals surface area contributed by atoms with E-state index in [1.54, 1.807) is 25.1 Å². The predicted octanol–water partition coefficient (Wildman–Crippen LogP) is 2.52. The van der Waals surface area contributed by atoms with Crippen molar-refractivity contribution in [2.24, 2.45) is 0 Å². The third-order valence-corrected chi connectivity index (χ3v) is 3.32. The molecule has 2 aromatic rings. The summed E-state index contributed by atoms with van der Waals surface area (Å²) >= 11 is 0. The van der Waals surface area contributed by atoms with Crippen LogP contribution in [-0.2, 0) is 0 Å². The number of imide groups is 1. The van der Waals surface area contributed by atoms with Crippen molar-refractivity contribution in [3.05, 3.63) is 58.9 Å².